The number of hydrogen-bond acceptors (Lipinski definition) is 3. The number of halogens is 1. The van der Waals surface area contributed by atoms with Gasteiger partial charge in [0.1, 0.15) is 5.75 Å². The Balaban J connectivity index is 2.61. The van der Waals surface area contributed by atoms with Crippen molar-refractivity contribution in [3.63, 3.8) is 0 Å². The first-order valence-electron chi connectivity index (χ1n) is 4.04. The Morgan fingerprint density at radius 2 is 1.86 bits per heavy atom. The second-order valence-electron chi connectivity index (χ2n) is 2.75. The van der Waals surface area contributed by atoms with Crippen molar-refractivity contribution in [2.75, 3.05) is 0 Å². The topological polar surface area (TPSA) is 46.0 Å². The Morgan fingerprint density at radius 3 is 2.57 bits per heavy atom. The molecule has 0 fully saturated rings. The Morgan fingerprint density at radius 1 is 1.07 bits per heavy atom. The molecule has 1 heterocycles. The molecule has 14 heavy (non-hydrogen) atoms. The van der Waals surface area contributed by atoms with E-state index in [0.717, 1.165) is 0 Å². The molecule has 0 spiro atoms. The average molecular weight is 207 g/mol. The third-order valence-corrected chi connectivity index (χ3v) is 2.15. The van der Waals surface area contributed by atoms with Crippen molar-refractivity contribution in [3.05, 3.63) is 41.7 Å². The Hall–Kier alpha value is -1.61. The van der Waals surface area contributed by atoms with E-state index in [9.17, 15) is 5.11 Å². The van der Waals surface area contributed by atoms with Crippen LogP contribution in [0.2, 0.25) is 5.15 Å². The highest BCUT2D eigenvalue weighted by Gasteiger charge is 2.07. The minimum Gasteiger partial charge on any atom is -0.507 e. The summed E-state index contributed by atoms with van der Waals surface area (Å²) in [7, 11) is 0. The van der Waals surface area contributed by atoms with Gasteiger partial charge < -0.3 is 5.11 Å². The molecule has 0 bridgehead atoms. The number of benzene rings is 1. The zero-order valence-corrected chi connectivity index (χ0v) is 7.94. The summed E-state index contributed by atoms with van der Waals surface area (Å²) in [6, 6.07) is 8.67. The van der Waals surface area contributed by atoms with Gasteiger partial charge in [0.2, 0.25) is 0 Å². The molecule has 4 heteroatoms. The van der Waals surface area contributed by atoms with Crippen LogP contribution in [-0.4, -0.2) is 15.3 Å². The third kappa shape index (κ3) is 1.54. The van der Waals surface area contributed by atoms with E-state index in [-0.39, 0.29) is 10.9 Å². The van der Waals surface area contributed by atoms with Crippen LogP contribution in [0.3, 0.4) is 0 Å². The van der Waals surface area contributed by atoms with E-state index in [4.69, 9.17) is 11.6 Å². The van der Waals surface area contributed by atoms with E-state index in [1.807, 2.05) is 6.07 Å². The SMILES string of the molecule is Oc1ccccc1-c1ccnnc1Cl. The van der Waals surface area contributed by atoms with Crippen molar-refractivity contribution in [2.45, 2.75) is 0 Å². The zero-order valence-electron chi connectivity index (χ0n) is 7.18. The number of aromatic nitrogens is 2. The van der Waals surface area contributed by atoms with Gasteiger partial charge in [0.15, 0.2) is 5.15 Å². The molecule has 1 aromatic heterocycles. The predicted molar refractivity (Wildman–Crippen MR) is 54.1 cm³/mol. The van der Waals surface area contributed by atoms with Crippen molar-refractivity contribution < 1.29 is 5.11 Å². The summed E-state index contributed by atoms with van der Waals surface area (Å²) < 4.78 is 0. The first-order valence-corrected chi connectivity index (χ1v) is 4.42. The number of aromatic hydroxyl groups is 1. The molecule has 0 amide bonds. The summed E-state index contributed by atoms with van der Waals surface area (Å²) >= 11 is 5.85. The van der Waals surface area contributed by atoms with E-state index in [1.165, 1.54) is 6.20 Å². The predicted octanol–water partition coefficient (Wildman–Crippen LogP) is 2.50. The summed E-state index contributed by atoms with van der Waals surface area (Å²) in [6.07, 6.45) is 1.54. The van der Waals surface area contributed by atoms with Crippen LogP contribution in [0, 0.1) is 0 Å². The lowest BCUT2D eigenvalue weighted by Crippen LogP contribution is -1.85. The lowest BCUT2D eigenvalue weighted by Gasteiger charge is -2.04. The lowest BCUT2D eigenvalue weighted by molar-refractivity contribution is 0.477. The monoisotopic (exact) mass is 206 g/mol. The van der Waals surface area contributed by atoms with Gasteiger partial charge in [0.05, 0.1) is 6.20 Å². The van der Waals surface area contributed by atoms with Gasteiger partial charge in [-0.1, -0.05) is 29.8 Å². The lowest BCUT2D eigenvalue weighted by atomic mass is 10.1. The minimum absolute atomic E-state index is 0.183. The van der Waals surface area contributed by atoms with E-state index >= 15 is 0 Å². The summed E-state index contributed by atoms with van der Waals surface area (Å²) in [5.74, 6) is 0.183. The largest absolute Gasteiger partial charge is 0.507 e. The van der Waals surface area contributed by atoms with Crippen LogP contribution in [0.25, 0.3) is 11.1 Å². The molecular formula is C10H7ClN2O. The Labute approximate surface area is 86.0 Å². The first kappa shape index (κ1) is 8.97. The second-order valence-corrected chi connectivity index (χ2v) is 3.11. The molecule has 2 aromatic rings. The number of hydrogen-bond donors (Lipinski definition) is 1. The quantitative estimate of drug-likeness (QED) is 0.780. The van der Waals surface area contributed by atoms with Crippen molar-refractivity contribution in [3.8, 4) is 16.9 Å². The first-order chi connectivity index (χ1) is 6.79. The summed E-state index contributed by atoms with van der Waals surface area (Å²) in [4.78, 5) is 0. The molecule has 0 unspecified atom stereocenters. The van der Waals surface area contributed by atoms with Crippen LogP contribution in [0.4, 0.5) is 0 Å². The summed E-state index contributed by atoms with van der Waals surface area (Å²) in [5.41, 5.74) is 1.34. The Bertz CT molecular complexity index is 416. The normalized spacial score (nSPS) is 10.1. The third-order valence-electron chi connectivity index (χ3n) is 1.87. The molecule has 0 aliphatic carbocycles. The molecule has 3 nitrogen and oxygen atoms in total. The molecule has 70 valence electrons. The fraction of sp³-hybridized carbons (Fsp3) is 0. The van der Waals surface area contributed by atoms with Crippen LogP contribution in [0.1, 0.15) is 0 Å². The number of rotatable bonds is 1. The molecule has 0 saturated carbocycles. The van der Waals surface area contributed by atoms with Crippen LogP contribution in [-0.2, 0) is 0 Å². The van der Waals surface area contributed by atoms with Crippen LogP contribution < -0.4 is 0 Å². The zero-order chi connectivity index (χ0) is 9.97. The van der Waals surface area contributed by atoms with Crippen molar-refractivity contribution in [1.29, 1.82) is 0 Å². The van der Waals surface area contributed by atoms with E-state index < -0.39 is 0 Å². The Kier molecular flexibility index (Phi) is 2.33. The molecule has 0 atom stereocenters. The van der Waals surface area contributed by atoms with Gasteiger partial charge in [-0.15, -0.1) is 5.10 Å². The molecule has 1 N–H and O–H groups in total. The van der Waals surface area contributed by atoms with Gasteiger partial charge in [-0.05, 0) is 12.1 Å². The summed E-state index contributed by atoms with van der Waals surface area (Å²) in [5, 5.41) is 17.2. The van der Waals surface area contributed by atoms with Gasteiger partial charge >= 0.3 is 0 Å². The van der Waals surface area contributed by atoms with Crippen LogP contribution >= 0.6 is 11.6 Å². The molecule has 0 saturated heterocycles. The maximum atomic E-state index is 9.58. The average Bonchev–Trinajstić information content (AvgIpc) is 2.20. The highest BCUT2D eigenvalue weighted by atomic mass is 35.5. The number of phenolic OH excluding ortho intramolecular Hbond substituents is 1. The molecule has 0 aliphatic rings. The number of para-hydroxylation sites is 1. The number of nitrogens with zero attached hydrogens (tertiary/aromatic N) is 2. The molecule has 2 rings (SSSR count). The smallest absolute Gasteiger partial charge is 0.159 e. The maximum Gasteiger partial charge on any atom is 0.159 e. The fourth-order valence-electron chi connectivity index (χ4n) is 1.22. The van der Waals surface area contributed by atoms with E-state index in [2.05, 4.69) is 10.2 Å². The van der Waals surface area contributed by atoms with Gasteiger partial charge in [-0.25, -0.2) is 0 Å². The van der Waals surface area contributed by atoms with E-state index in [1.54, 1.807) is 24.3 Å². The fourth-order valence-corrected chi connectivity index (χ4v) is 1.43. The molecular weight excluding hydrogens is 200 g/mol. The highest BCUT2D eigenvalue weighted by Crippen LogP contribution is 2.31. The van der Waals surface area contributed by atoms with Crippen molar-refractivity contribution in [2.24, 2.45) is 0 Å². The van der Waals surface area contributed by atoms with Crippen LogP contribution in [0.15, 0.2) is 36.5 Å². The molecule has 0 radical (unpaired) electrons. The maximum absolute atomic E-state index is 9.58. The standard InChI is InChI=1S/C10H7ClN2O/c11-10-8(5-6-12-13-10)7-3-1-2-4-9(7)14/h1-6,14H. The van der Waals surface area contributed by atoms with E-state index in [0.29, 0.717) is 11.1 Å². The highest BCUT2D eigenvalue weighted by molar-refractivity contribution is 6.32. The van der Waals surface area contributed by atoms with Crippen molar-refractivity contribution >= 4 is 11.6 Å². The van der Waals surface area contributed by atoms with Gasteiger partial charge in [0.25, 0.3) is 0 Å². The molecule has 0 aliphatic heterocycles. The van der Waals surface area contributed by atoms with Crippen molar-refractivity contribution in [1.82, 2.24) is 10.2 Å². The summed E-state index contributed by atoms with van der Waals surface area (Å²) in [6.45, 7) is 0. The van der Waals surface area contributed by atoms with Gasteiger partial charge in [-0.3, -0.25) is 0 Å². The van der Waals surface area contributed by atoms with Gasteiger partial charge in [0, 0.05) is 11.1 Å². The number of phenols is 1. The van der Waals surface area contributed by atoms with Gasteiger partial charge in [-0.2, -0.15) is 5.10 Å². The molecule has 1 aromatic carbocycles. The minimum atomic E-state index is 0.183. The van der Waals surface area contributed by atoms with Crippen LogP contribution in [0.5, 0.6) is 5.75 Å². The second kappa shape index (κ2) is 3.64.